The lowest BCUT2D eigenvalue weighted by atomic mass is 10.0. The number of carbonyl (C=O) groups excluding carboxylic acids is 1. The first-order chi connectivity index (χ1) is 13.1. The van der Waals surface area contributed by atoms with Gasteiger partial charge in [-0.25, -0.2) is 4.39 Å². The molecule has 0 aliphatic carbocycles. The lowest BCUT2D eigenvalue weighted by molar-refractivity contribution is -0.118. The van der Waals surface area contributed by atoms with Crippen molar-refractivity contribution in [2.45, 2.75) is 39.5 Å². The summed E-state index contributed by atoms with van der Waals surface area (Å²) in [5.74, 6) is 1.32. The highest BCUT2D eigenvalue weighted by Gasteiger charge is 2.08. The first-order valence-corrected chi connectivity index (χ1v) is 9.51. The van der Waals surface area contributed by atoms with E-state index in [0.717, 1.165) is 18.8 Å². The molecule has 1 N–H and O–H groups in total. The molecule has 2 rings (SSSR count). The molecule has 27 heavy (non-hydrogen) atoms. The number of carbonyl (C=O) groups is 1. The van der Waals surface area contributed by atoms with Gasteiger partial charge in [0.15, 0.2) is 6.61 Å². The Kier molecular flexibility index (Phi) is 8.62. The molecule has 0 heterocycles. The van der Waals surface area contributed by atoms with Crippen LogP contribution in [0.4, 0.5) is 10.1 Å². The number of nitrogens with one attached hydrogen (secondary N) is 1. The summed E-state index contributed by atoms with van der Waals surface area (Å²) in [6.45, 7) is 4.99. The fraction of sp³-hybridized carbons (Fsp3) is 0.409. The Morgan fingerprint density at radius 3 is 2.22 bits per heavy atom. The van der Waals surface area contributed by atoms with Crippen molar-refractivity contribution in [1.29, 1.82) is 0 Å². The van der Waals surface area contributed by atoms with Crippen molar-refractivity contribution >= 4 is 11.6 Å². The van der Waals surface area contributed by atoms with E-state index in [2.05, 4.69) is 19.2 Å². The molecule has 0 radical (unpaired) electrons. The summed E-state index contributed by atoms with van der Waals surface area (Å²) in [6.07, 6.45) is 4.74. The van der Waals surface area contributed by atoms with Crippen LogP contribution in [-0.2, 0) is 4.79 Å². The standard InChI is InChI=1S/C22H28FNO3/c1-3-5-6-17(4-2)15-26-20-11-13-21(14-12-20)27-16-22(25)24-19-9-7-18(23)8-10-19/h7-14,17H,3-6,15-16H2,1-2H3,(H,24,25). The van der Waals surface area contributed by atoms with Gasteiger partial charge in [0, 0.05) is 5.69 Å². The van der Waals surface area contributed by atoms with Crippen LogP contribution >= 0.6 is 0 Å². The fourth-order valence-corrected chi connectivity index (χ4v) is 2.62. The van der Waals surface area contributed by atoms with Gasteiger partial charge in [-0.3, -0.25) is 4.79 Å². The molecule has 1 amide bonds. The molecule has 1 atom stereocenters. The SMILES string of the molecule is CCCCC(CC)COc1ccc(OCC(=O)Nc2ccc(F)cc2)cc1. The van der Waals surface area contributed by atoms with Crippen LogP contribution in [0.1, 0.15) is 39.5 Å². The number of unbranched alkanes of at least 4 members (excludes halogenated alkanes) is 1. The second-order valence-corrected chi connectivity index (χ2v) is 6.54. The van der Waals surface area contributed by atoms with Gasteiger partial charge in [-0.1, -0.05) is 33.1 Å². The number of amides is 1. The summed E-state index contributed by atoms with van der Waals surface area (Å²) in [6, 6.07) is 12.9. The van der Waals surface area contributed by atoms with Gasteiger partial charge in [0.1, 0.15) is 17.3 Å². The zero-order chi connectivity index (χ0) is 19.5. The van der Waals surface area contributed by atoms with Crippen molar-refractivity contribution < 1.29 is 18.7 Å². The zero-order valence-corrected chi connectivity index (χ0v) is 16.0. The molecule has 1 unspecified atom stereocenters. The highest BCUT2D eigenvalue weighted by atomic mass is 19.1. The van der Waals surface area contributed by atoms with Crippen LogP contribution in [0.25, 0.3) is 0 Å². The quantitative estimate of drug-likeness (QED) is 0.571. The lowest BCUT2D eigenvalue weighted by Gasteiger charge is -2.15. The van der Waals surface area contributed by atoms with Crippen LogP contribution in [0.2, 0.25) is 0 Å². The highest BCUT2D eigenvalue weighted by Crippen LogP contribution is 2.20. The monoisotopic (exact) mass is 373 g/mol. The van der Waals surface area contributed by atoms with Gasteiger partial charge in [0.25, 0.3) is 5.91 Å². The van der Waals surface area contributed by atoms with Crippen LogP contribution in [0, 0.1) is 11.7 Å². The van der Waals surface area contributed by atoms with Gasteiger partial charge in [-0.05, 0) is 60.9 Å². The molecule has 0 saturated heterocycles. The molecular weight excluding hydrogens is 345 g/mol. The van der Waals surface area contributed by atoms with Gasteiger partial charge >= 0.3 is 0 Å². The minimum atomic E-state index is -0.345. The molecule has 2 aromatic carbocycles. The van der Waals surface area contributed by atoms with E-state index in [-0.39, 0.29) is 18.3 Å². The second kappa shape index (κ2) is 11.2. The molecule has 2 aromatic rings. The number of hydrogen-bond acceptors (Lipinski definition) is 3. The summed E-state index contributed by atoms with van der Waals surface area (Å²) >= 11 is 0. The van der Waals surface area contributed by atoms with Gasteiger partial charge in [-0.2, -0.15) is 0 Å². The first-order valence-electron chi connectivity index (χ1n) is 9.51. The van der Waals surface area contributed by atoms with Crippen LogP contribution < -0.4 is 14.8 Å². The van der Waals surface area contributed by atoms with Crippen molar-refractivity contribution in [2.24, 2.45) is 5.92 Å². The Bertz CT molecular complexity index is 686. The maximum atomic E-state index is 12.9. The van der Waals surface area contributed by atoms with E-state index in [1.165, 1.54) is 43.5 Å². The van der Waals surface area contributed by atoms with Crippen LogP contribution in [0.15, 0.2) is 48.5 Å². The van der Waals surface area contributed by atoms with E-state index < -0.39 is 0 Å². The minimum Gasteiger partial charge on any atom is -0.493 e. The van der Waals surface area contributed by atoms with Crippen molar-refractivity contribution in [3.8, 4) is 11.5 Å². The molecular formula is C22H28FNO3. The van der Waals surface area contributed by atoms with Gasteiger partial charge in [0.2, 0.25) is 0 Å². The number of halogens is 1. The highest BCUT2D eigenvalue weighted by molar-refractivity contribution is 5.91. The zero-order valence-electron chi connectivity index (χ0n) is 16.0. The number of hydrogen-bond donors (Lipinski definition) is 1. The summed E-state index contributed by atoms with van der Waals surface area (Å²) in [5.41, 5.74) is 0.530. The molecule has 5 heteroatoms. The van der Waals surface area contributed by atoms with Gasteiger partial charge < -0.3 is 14.8 Å². The van der Waals surface area contributed by atoms with E-state index in [0.29, 0.717) is 17.4 Å². The topological polar surface area (TPSA) is 47.6 Å². The Morgan fingerprint density at radius 1 is 1.00 bits per heavy atom. The van der Waals surface area contributed by atoms with E-state index in [9.17, 15) is 9.18 Å². The summed E-state index contributed by atoms with van der Waals surface area (Å²) in [4.78, 5) is 11.9. The molecule has 0 aliphatic rings. The Hall–Kier alpha value is -2.56. The van der Waals surface area contributed by atoms with E-state index >= 15 is 0 Å². The van der Waals surface area contributed by atoms with E-state index in [4.69, 9.17) is 9.47 Å². The van der Waals surface area contributed by atoms with Crippen molar-refractivity contribution in [3.05, 3.63) is 54.3 Å². The molecule has 0 bridgehead atoms. The third kappa shape index (κ3) is 7.69. The number of benzene rings is 2. The molecule has 0 aliphatic heterocycles. The summed E-state index contributed by atoms with van der Waals surface area (Å²) < 4.78 is 24.2. The van der Waals surface area contributed by atoms with Crippen LogP contribution in [0.5, 0.6) is 11.5 Å². The van der Waals surface area contributed by atoms with E-state index in [1.54, 1.807) is 12.1 Å². The van der Waals surface area contributed by atoms with Crippen LogP contribution in [0.3, 0.4) is 0 Å². The summed E-state index contributed by atoms with van der Waals surface area (Å²) in [5, 5.41) is 2.65. The van der Waals surface area contributed by atoms with Crippen molar-refractivity contribution in [1.82, 2.24) is 0 Å². The normalized spacial score (nSPS) is 11.7. The molecule has 0 spiro atoms. The Balaban J connectivity index is 1.74. The third-order valence-corrected chi connectivity index (χ3v) is 4.35. The summed E-state index contributed by atoms with van der Waals surface area (Å²) in [7, 11) is 0. The molecule has 0 saturated carbocycles. The largest absolute Gasteiger partial charge is 0.493 e. The Labute approximate surface area is 160 Å². The van der Waals surface area contributed by atoms with Crippen molar-refractivity contribution in [2.75, 3.05) is 18.5 Å². The van der Waals surface area contributed by atoms with E-state index in [1.807, 2.05) is 12.1 Å². The first kappa shape index (κ1) is 20.7. The molecule has 4 nitrogen and oxygen atoms in total. The van der Waals surface area contributed by atoms with Crippen molar-refractivity contribution in [3.63, 3.8) is 0 Å². The lowest BCUT2D eigenvalue weighted by Crippen LogP contribution is -2.20. The molecule has 146 valence electrons. The smallest absolute Gasteiger partial charge is 0.262 e. The second-order valence-electron chi connectivity index (χ2n) is 6.54. The van der Waals surface area contributed by atoms with Crippen LogP contribution in [-0.4, -0.2) is 19.1 Å². The number of ether oxygens (including phenoxy) is 2. The molecule has 0 aromatic heterocycles. The average molecular weight is 373 g/mol. The number of anilines is 1. The fourth-order valence-electron chi connectivity index (χ4n) is 2.62. The molecule has 0 fully saturated rings. The Morgan fingerprint density at radius 2 is 1.63 bits per heavy atom. The number of rotatable bonds is 11. The third-order valence-electron chi connectivity index (χ3n) is 4.35. The predicted molar refractivity (Wildman–Crippen MR) is 106 cm³/mol. The van der Waals surface area contributed by atoms with Gasteiger partial charge in [-0.15, -0.1) is 0 Å². The predicted octanol–water partition coefficient (Wildman–Crippen LogP) is 5.44. The van der Waals surface area contributed by atoms with Gasteiger partial charge in [0.05, 0.1) is 6.61 Å². The maximum Gasteiger partial charge on any atom is 0.262 e. The maximum absolute atomic E-state index is 12.9. The minimum absolute atomic E-state index is 0.119. The average Bonchev–Trinajstić information content (AvgIpc) is 2.69.